The first-order chi connectivity index (χ1) is 5.52. The van der Waals surface area contributed by atoms with Gasteiger partial charge in [-0.15, -0.1) is 11.6 Å². The molecule has 1 saturated carbocycles. The fraction of sp³-hybridized carbons (Fsp3) is 1.00. The molecular formula is C6H11BClFO3. The molecule has 0 radical (unpaired) electrons. The monoisotopic (exact) mass is 196 g/mol. The van der Waals surface area contributed by atoms with Gasteiger partial charge in [0.1, 0.15) is 6.17 Å². The van der Waals surface area contributed by atoms with Gasteiger partial charge in [0.05, 0.1) is 11.9 Å². The molecule has 0 aromatic heterocycles. The lowest BCUT2D eigenvalue weighted by Crippen LogP contribution is -2.42. The number of aliphatic hydroxyl groups is 1. The number of halogens is 2. The second-order valence-corrected chi connectivity index (χ2v) is 3.76. The van der Waals surface area contributed by atoms with Crippen LogP contribution in [-0.2, 0) is 0 Å². The van der Waals surface area contributed by atoms with Crippen molar-refractivity contribution in [1.29, 1.82) is 0 Å². The standard InChI is InChI=1S/C6H11BClFO3/c8-3-1-4(9)6(7(11)12)5(10)2-3/h3-6,10-12H,1-2H2. The van der Waals surface area contributed by atoms with Crippen molar-refractivity contribution in [2.45, 2.75) is 36.3 Å². The fourth-order valence-electron chi connectivity index (χ4n) is 1.54. The molecule has 1 aliphatic rings. The van der Waals surface area contributed by atoms with Gasteiger partial charge in [0.15, 0.2) is 0 Å². The molecule has 0 heterocycles. The van der Waals surface area contributed by atoms with Gasteiger partial charge in [-0.05, 0) is 12.8 Å². The molecule has 3 N–H and O–H groups in total. The van der Waals surface area contributed by atoms with Crippen LogP contribution < -0.4 is 0 Å². The molecule has 3 nitrogen and oxygen atoms in total. The van der Waals surface area contributed by atoms with Crippen molar-refractivity contribution in [2.75, 3.05) is 0 Å². The van der Waals surface area contributed by atoms with E-state index in [1.165, 1.54) is 0 Å². The van der Waals surface area contributed by atoms with Crippen LogP contribution in [0.2, 0.25) is 5.82 Å². The van der Waals surface area contributed by atoms with E-state index in [0.29, 0.717) is 0 Å². The lowest BCUT2D eigenvalue weighted by Gasteiger charge is -2.32. The maximum absolute atomic E-state index is 13.0. The summed E-state index contributed by atoms with van der Waals surface area (Å²) in [6.45, 7) is 0. The minimum Gasteiger partial charge on any atom is -0.427 e. The van der Waals surface area contributed by atoms with Gasteiger partial charge in [0.25, 0.3) is 0 Å². The summed E-state index contributed by atoms with van der Waals surface area (Å²) in [7, 11) is -1.81. The summed E-state index contributed by atoms with van der Waals surface area (Å²) in [6, 6.07) is 0. The van der Waals surface area contributed by atoms with Gasteiger partial charge in [0, 0.05) is 5.38 Å². The summed E-state index contributed by atoms with van der Waals surface area (Å²) in [5.74, 6) is -1.11. The highest BCUT2D eigenvalue weighted by Crippen LogP contribution is 2.35. The molecule has 12 heavy (non-hydrogen) atoms. The first-order valence-corrected chi connectivity index (χ1v) is 4.28. The number of hydrogen-bond acceptors (Lipinski definition) is 3. The molecule has 70 valence electrons. The summed E-state index contributed by atoms with van der Waals surface area (Å²) >= 11 is 5.61. The summed E-state index contributed by atoms with van der Waals surface area (Å²) in [4.78, 5) is 0. The van der Waals surface area contributed by atoms with E-state index in [4.69, 9.17) is 21.6 Å². The molecule has 4 atom stereocenters. The van der Waals surface area contributed by atoms with E-state index in [0.717, 1.165) is 0 Å². The Bertz CT molecular complexity index is 148. The Morgan fingerprint density at radius 2 is 1.92 bits per heavy atom. The Hall–Kier alpha value is 0.165. The van der Waals surface area contributed by atoms with Crippen LogP contribution in [0.1, 0.15) is 12.8 Å². The van der Waals surface area contributed by atoms with Crippen molar-refractivity contribution in [3.05, 3.63) is 0 Å². The van der Waals surface area contributed by atoms with Crippen molar-refractivity contribution in [3.8, 4) is 0 Å². The van der Waals surface area contributed by atoms with Crippen LogP contribution in [-0.4, -0.2) is 39.9 Å². The largest absolute Gasteiger partial charge is 0.460 e. The molecule has 0 aromatic carbocycles. The zero-order valence-corrected chi connectivity index (χ0v) is 7.15. The predicted octanol–water partition coefficient (Wildman–Crippen LogP) is -0.0704. The van der Waals surface area contributed by atoms with Crippen LogP contribution in [0.4, 0.5) is 4.39 Å². The highest BCUT2D eigenvalue weighted by atomic mass is 35.5. The lowest BCUT2D eigenvalue weighted by atomic mass is 9.62. The Labute approximate surface area is 75.3 Å². The van der Waals surface area contributed by atoms with Gasteiger partial charge >= 0.3 is 7.12 Å². The first kappa shape index (κ1) is 10.2. The minimum atomic E-state index is -1.81. The average molecular weight is 196 g/mol. The highest BCUT2D eigenvalue weighted by molar-refractivity contribution is 6.43. The molecule has 1 fully saturated rings. The molecule has 0 bridgehead atoms. The SMILES string of the molecule is OB(O)C1C(O)CC(Cl)CC1F. The molecule has 0 saturated heterocycles. The van der Waals surface area contributed by atoms with E-state index in [-0.39, 0.29) is 12.8 Å². The molecule has 1 rings (SSSR count). The quantitative estimate of drug-likeness (QED) is 0.406. The Balaban J connectivity index is 2.60. The van der Waals surface area contributed by atoms with Crippen molar-refractivity contribution >= 4 is 18.7 Å². The Morgan fingerprint density at radius 3 is 2.33 bits per heavy atom. The maximum atomic E-state index is 13.0. The van der Waals surface area contributed by atoms with Crippen molar-refractivity contribution in [1.82, 2.24) is 0 Å². The molecule has 0 aliphatic heterocycles. The average Bonchev–Trinajstić information content (AvgIpc) is 1.82. The Morgan fingerprint density at radius 1 is 1.33 bits per heavy atom. The van der Waals surface area contributed by atoms with Crippen molar-refractivity contribution in [2.24, 2.45) is 0 Å². The number of rotatable bonds is 1. The van der Waals surface area contributed by atoms with E-state index in [1.54, 1.807) is 0 Å². The topological polar surface area (TPSA) is 60.7 Å². The number of alkyl halides is 2. The third-order valence-corrected chi connectivity index (χ3v) is 2.54. The molecule has 0 aromatic rings. The first-order valence-electron chi connectivity index (χ1n) is 3.84. The molecule has 0 spiro atoms. The molecule has 6 heteroatoms. The van der Waals surface area contributed by atoms with Gasteiger partial charge in [-0.2, -0.15) is 0 Å². The third kappa shape index (κ3) is 2.10. The summed E-state index contributed by atoms with van der Waals surface area (Å²) in [5.41, 5.74) is 0. The van der Waals surface area contributed by atoms with Gasteiger partial charge < -0.3 is 15.2 Å². The number of hydrogen-bond donors (Lipinski definition) is 3. The van der Waals surface area contributed by atoms with E-state index >= 15 is 0 Å². The second kappa shape index (κ2) is 3.92. The second-order valence-electron chi connectivity index (χ2n) is 3.14. The van der Waals surface area contributed by atoms with E-state index in [1.807, 2.05) is 0 Å². The van der Waals surface area contributed by atoms with Gasteiger partial charge in [-0.25, -0.2) is 4.39 Å². The van der Waals surface area contributed by atoms with E-state index in [9.17, 15) is 9.50 Å². The van der Waals surface area contributed by atoms with Crippen molar-refractivity contribution in [3.63, 3.8) is 0 Å². The normalized spacial score (nSPS) is 42.8. The van der Waals surface area contributed by atoms with Gasteiger partial charge in [0.2, 0.25) is 0 Å². The van der Waals surface area contributed by atoms with Crippen LogP contribution in [0.25, 0.3) is 0 Å². The lowest BCUT2D eigenvalue weighted by molar-refractivity contribution is 0.0717. The highest BCUT2D eigenvalue weighted by Gasteiger charge is 2.43. The van der Waals surface area contributed by atoms with Crippen molar-refractivity contribution < 1.29 is 19.5 Å². The fourth-order valence-corrected chi connectivity index (χ4v) is 1.90. The van der Waals surface area contributed by atoms with E-state index < -0.39 is 30.6 Å². The zero-order valence-electron chi connectivity index (χ0n) is 6.40. The van der Waals surface area contributed by atoms with Gasteiger partial charge in [-0.3, -0.25) is 0 Å². The number of aliphatic hydroxyl groups excluding tert-OH is 1. The van der Waals surface area contributed by atoms with Crippen LogP contribution in [0, 0.1) is 0 Å². The molecule has 4 unspecified atom stereocenters. The molecule has 1 aliphatic carbocycles. The van der Waals surface area contributed by atoms with Crippen LogP contribution in [0.3, 0.4) is 0 Å². The molecular weight excluding hydrogens is 185 g/mol. The zero-order chi connectivity index (χ0) is 9.30. The molecule has 0 amide bonds. The maximum Gasteiger partial charge on any atom is 0.460 e. The van der Waals surface area contributed by atoms with Crippen LogP contribution in [0.15, 0.2) is 0 Å². The van der Waals surface area contributed by atoms with Crippen LogP contribution in [0.5, 0.6) is 0 Å². The third-order valence-electron chi connectivity index (χ3n) is 2.18. The summed E-state index contributed by atoms with van der Waals surface area (Å²) in [6.07, 6.45) is -2.21. The Kier molecular flexibility index (Phi) is 3.34. The van der Waals surface area contributed by atoms with E-state index in [2.05, 4.69) is 0 Å². The van der Waals surface area contributed by atoms with Gasteiger partial charge in [-0.1, -0.05) is 0 Å². The van der Waals surface area contributed by atoms with Crippen LogP contribution >= 0.6 is 11.6 Å². The smallest absolute Gasteiger partial charge is 0.427 e. The summed E-state index contributed by atoms with van der Waals surface area (Å²) < 4.78 is 13.0. The summed E-state index contributed by atoms with van der Waals surface area (Å²) in [5, 5.41) is 26.3. The minimum absolute atomic E-state index is 0.0703. The predicted molar refractivity (Wildman–Crippen MR) is 43.7 cm³/mol.